The number of likely N-dealkylation sites (tertiary alicyclic amines) is 1. The number of ether oxygens (including phenoxy) is 2. The Bertz CT molecular complexity index is 1160. The average Bonchev–Trinajstić information content (AvgIpc) is 3.06. The Morgan fingerprint density at radius 1 is 1.26 bits per heavy atom. The zero-order valence-corrected chi connectivity index (χ0v) is 18.1. The molecule has 1 fully saturated rings. The van der Waals surface area contributed by atoms with Crippen LogP contribution in [0.4, 0.5) is 10.5 Å². The molecule has 31 heavy (non-hydrogen) atoms. The third-order valence-electron chi connectivity index (χ3n) is 5.23. The molecule has 0 saturated carbocycles. The molecule has 162 valence electrons. The minimum atomic E-state index is -0.369. The summed E-state index contributed by atoms with van der Waals surface area (Å²) in [6, 6.07) is 6.32. The van der Waals surface area contributed by atoms with E-state index in [1.165, 1.54) is 7.05 Å². The van der Waals surface area contributed by atoms with Crippen molar-refractivity contribution in [3.63, 3.8) is 0 Å². The highest BCUT2D eigenvalue weighted by atomic mass is 35.5. The van der Waals surface area contributed by atoms with Crippen LogP contribution in [0, 0.1) is 6.92 Å². The van der Waals surface area contributed by atoms with Crippen LogP contribution in [-0.2, 0) is 4.74 Å². The summed E-state index contributed by atoms with van der Waals surface area (Å²) < 4.78 is 12.9. The van der Waals surface area contributed by atoms with Gasteiger partial charge in [-0.15, -0.1) is 0 Å². The number of aryl methyl sites for hydroxylation is 1. The number of carbonyl (C=O) groups is 2. The number of halogens is 1. The van der Waals surface area contributed by atoms with Gasteiger partial charge in [-0.3, -0.25) is 4.79 Å². The molecule has 2 aromatic heterocycles. The van der Waals surface area contributed by atoms with Crippen LogP contribution in [0.15, 0.2) is 36.7 Å². The molecule has 1 aliphatic rings. The Balaban J connectivity index is 1.60. The second-order valence-corrected chi connectivity index (χ2v) is 7.58. The number of fused-ring (bicyclic) bond motifs is 1. The molecular weight excluding hydrogens is 422 g/mol. The van der Waals surface area contributed by atoms with Gasteiger partial charge in [-0.2, -0.15) is 5.10 Å². The summed E-state index contributed by atoms with van der Waals surface area (Å²) in [6.07, 6.45) is 3.40. The number of hydrogen-bond donors (Lipinski definition) is 2. The Kier molecular flexibility index (Phi) is 5.71. The molecule has 1 aromatic carbocycles. The molecule has 0 radical (unpaired) electrons. The van der Waals surface area contributed by atoms with Crippen LogP contribution in [0.3, 0.4) is 0 Å². The maximum Gasteiger partial charge on any atom is 0.319 e. The maximum atomic E-state index is 12.9. The number of hydrogen-bond acceptors (Lipinski definition) is 5. The van der Waals surface area contributed by atoms with Gasteiger partial charge in [0.1, 0.15) is 11.3 Å². The molecule has 0 spiro atoms. The van der Waals surface area contributed by atoms with Crippen molar-refractivity contribution in [2.24, 2.45) is 0 Å². The van der Waals surface area contributed by atoms with Gasteiger partial charge in [-0.1, -0.05) is 11.6 Å². The summed E-state index contributed by atoms with van der Waals surface area (Å²) in [4.78, 5) is 26.1. The SMILES string of the molecule is CNC(=O)Nc1ccc(Oc2ccnn3cc(C(=O)N4CC(OC)C4)c(C)c23)cc1Cl. The standard InChI is InChI=1S/C21H22ClN5O4/c1-12-15(20(28)26-9-14(10-26)30-3)11-27-19(12)18(6-7-24-27)31-13-4-5-17(16(22)8-13)25-21(29)23-2/h4-8,11,14H,9-10H2,1-3H3,(H2,23,25,29). The van der Waals surface area contributed by atoms with Crippen molar-refractivity contribution in [2.45, 2.75) is 13.0 Å². The van der Waals surface area contributed by atoms with Crippen LogP contribution in [0.1, 0.15) is 15.9 Å². The quantitative estimate of drug-likeness (QED) is 0.630. The van der Waals surface area contributed by atoms with Crippen molar-refractivity contribution < 1.29 is 19.1 Å². The summed E-state index contributed by atoms with van der Waals surface area (Å²) in [5, 5.41) is 9.75. The van der Waals surface area contributed by atoms with Crippen LogP contribution < -0.4 is 15.4 Å². The van der Waals surface area contributed by atoms with Crippen LogP contribution in [0.2, 0.25) is 5.02 Å². The van der Waals surface area contributed by atoms with E-state index < -0.39 is 0 Å². The highest BCUT2D eigenvalue weighted by molar-refractivity contribution is 6.33. The van der Waals surface area contributed by atoms with E-state index in [0.717, 1.165) is 5.56 Å². The van der Waals surface area contributed by atoms with Crippen molar-refractivity contribution in [1.82, 2.24) is 19.8 Å². The molecule has 3 aromatic rings. The lowest BCUT2D eigenvalue weighted by Crippen LogP contribution is -2.54. The van der Waals surface area contributed by atoms with Gasteiger partial charge in [0, 0.05) is 45.6 Å². The first-order valence-electron chi connectivity index (χ1n) is 9.66. The Morgan fingerprint density at radius 3 is 2.71 bits per heavy atom. The number of nitrogens with zero attached hydrogens (tertiary/aromatic N) is 3. The molecular formula is C21H22ClN5O4. The number of anilines is 1. The number of benzene rings is 1. The number of urea groups is 1. The molecule has 0 unspecified atom stereocenters. The minimum Gasteiger partial charge on any atom is -0.455 e. The highest BCUT2D eigenvalue weighted by Crippen LogP contribution is 2.34. The first-order valence-corrected chi connectivity index (χ1v) is 10.0. The van der Waals surface area contributed by atoms with E-state index in [1.807, 2.05) is 6.92 Å². The molecule has 0 aliphatic carbocycles. The van der Waals surface area contributed by atoms with Gasteiger partial charge in [-0.05, 0) is 24.6 Å². The minimum absolute atomic E-state index is 0.0603. The average molecular weight is 444 g/mol. The highest BCUT2D eigenvalue weighted by Gasteiger charge is 2.33. The number of methoxy groups -OCH3 is 1. The second kappa shape index (κ2) is 8.44. The lowest BCUT2D eigenvalue weighted by Gasteiger charge is -2.38. The normalized spacial score (nSPS) is 13.7. The Labute approximate surface area is 183 Å². The van der Waals surface area contributed by atoms with Gasteiger partial charge in [0.15, 0.2) is 5.75 Å². The zero-order chi connectivity index (χ0) is 22.1. The number of nitrogens with one attached hydrogen (secondary N) is 2. The van der Waals surface area contributed by atoms with Crippen molar-refractivity contribution in [3.05, 3.63) is 52.8 Å². The monoisotopic (exact) mass is 443 g/mol. The fraction of sp³-hybridized carbons (Fsp3) is 0.286. The first-order chi connectivity index (χ1) is 14.9. The predicted octanol–water partition coefficient (Wildman–Crippen LogP) is 3.31. The lowest BCUT2D eigenvalue weighted by atomic mass is 10.1. The van der Waals surface area contributed by atoms with E-state index in [-0.39, 0.29) is 18.0 Å². The van der Waals surface area contributed by atoms with Gasteiger partial charge in [0.2, 0.25) is 0 Å². The molecule has 0 bridgehead atoms. The molecule has 9 nitrogen and oxygen atoms in total. The summed E-state index contributed by atoms with van der Waals surface area (Å²) in [5.74, 6) is 0.961. The van der Waals surface area contributed by atoms with Gasteiger partial charge in [-0.25, -0.2) is 9.31 Å². The van der Waals surface area contributed by atoms with Crippen LogP contribution in [-0.4, -0.2) is 59.8 Å². The summed E-state index contributed by atoms with van der Waals surface area (Å²) >= 11 is 6.27. The summed E-state index contributed by atoms with van der Waals surface area (Å²) in [5.41, 5.74) is 2.50. The van der Waals surface area contributed by atoms with Gasteiger partial charge in [0.05, 0.1) is 28.6 Å². The summed E-state index contributed by atoms with van der Waals surface area (Å²) in [7, 11) is 3.16. The van der Waals surface area contributed by atoms with Crippen LogP contribution >= 0.6 is 11.6 Å². The van der Waals surface area contributed by atoms with E-state index >= 15 is 0 Å². The number of rotatable bonds is 5. The van der Waals surface area contributed by atoms with Gasteiger partial charge in [0.25, 0.3) is 5.91 Å². The fourth-order valence-electron chi connectivity index (χ4n) is 3.42. The molecule has 1 saturated heterocycles. The molecule has 3 heterocycles. The van der Waals surface area contributed by atoms with Crippen molar-refractivity contribution in [3.8, 4) is 11.5 Å². The molecule has 3 amide bonds. The smallest absolute Gasteiger partial charge is 0.319 e. The zero-order valence-electron chi connectivity index (χ0n) is 17.3. The Hall–Kier alpha value is -3.30. The molecule has 0 atom stereocenters. The van der Waals surface area contributed by atoms with Crippen molar-refractivity contribution >= 4 is 34.7 Å². The van der Waals surface area contributed by atoms with E-state index in [4.69, 9.17) is 21.1 Å². The molecule has 1 aliphatic heterocycles. The Morgan fingerprint density at radius 2 is 2.03 bits per heavy atom. The van der Waals surface area contributed by atoms with Crippen LogP contribution in [0.5, 0.6) is 11.5 Å². The van der Waals surface area contributed by atoms with Crippen LogP contribution in [0.25, 0.3) is 5.52 Å². The van der Waals surface area contributed by atoms with Crippen molar-refractivity contribution in [2.75, 3.05) is 32.6 Å². The number of amides is 3. The molecule has 4 rings (SSSR count). The van der Waals surface area contributed by atoms with E-state index in [9.17, 15) is 9.59 Å². The maximum absolute atomic E-state index is 12.9. The third kappa shape index (κ3) is 4.01. The van der Waals surface area contributed by atoms with E-state index in [0.29, 0.717) is 46.4 Å². The van der Waals surface area contributed by atoms with Crippen molar-refractivity contribution in [1.29, 1.82) is 0 Å². The topological polar surface area (TPSA) is 97.2 Å². The first kappa shape index (κ1) is 21.0. The van der Waals surface area contributed by atoms with E-state index in [1.54, 1.807) is 53.2 Å². The number of carbonyl (C=O) groups excluding carboxylic acids is 2. The summed E-state index contributed by atoms with van der Waals surface area (Å²) in [6.45, 7) is 3.02. The van der Waals surface area contributed by atoms with E-state index in [2.05, 4.69) is 15.7 Å². The lowest BCUT2D eigenvalue weighted by molar-refractivity contribution is -0.0192. The second-order valence-electron chi connectivity index (χ2n) is 7.17. The molecule has 2 N–H and O–H groups in total. The number of aromatic nitrogens is 2. The van der Waals surface area contributed by atoms with Gasteiger partial charge >= 0.3 is 6.03 Å². The largest absolute Gasteiger partial charge is 0.455 e. The van der Waals surface area contributed by atoms with Gasteiger partial charge < -0.3 is 25.0 Å². The fourth-order valence-corrected chi connectivity index (χ4v) is 3.64. The third-order valence-corrected chi connectivity index (χ3v) is 5.55. The molecule has 10 heteroatoms. The predicted molar refractivity (Wildman–Crippen MR) is 116 cm³/mol.